The van der Waals surface area contributed by atoms with Crippen LogP contribution in [0.1, 0.15) is 30.4 Å². The lowest BCUT2D eigenvalue weighted by Crippen LogP contribution is -2.06. The van der Waals surface area contributed by atoms with Crippen LogP contribution in [0.25, 0.3) is 0 Å². The highest BCUT2D eigenvalue weighted by atomic mass is 16.5. The van der Waals surface area contributed by atoms with E-state index in [4.69, 9.17) is 9.47 Å². The van der Waals surface area contributed by atoms with Gasteiger partial charge in [-0.05, 0) is 24.1 Å². The second-order valence-electron chi connectivity index (χ2n) is 5.02. The molecule has 1 atom stereocenters. The lowest BCUT2D eigenvalue weighted by molar-refractivity contribution is 0.301. The van der Waals surface area contributed by atoms with Crippen molar-refractivity contribution in [3.63, 3.8) is 0 Å². The summed E-state index contributed by atoms with van der Waals surface area (Å²) in [5.74, 6) is 1.43. The molecule has 0 aliphatic heterocycles. The van der Waals surface area contributed by atoms with Gasteiger partial charge in [-0.2, -0.15) is 5.26 Å². The van der Waals surface area contributed by atoms with Crippen LogP contribution in [-0.2, 0) is 6.42 Å². The SMILES string of the molecule is CCc1ccccc1OCCC(C#N)c1ccccc1OC. The first-order valence-electron chi connectivity index (χ1n) is 7.53. The van der Waals surface area contributed by atoms with Gasteiger partial charge in [-0.15, -0.1) is 0 Å². The molecule has 0 saturated heterocycles. The summed E-state index contributed by atoms with van der Waals surface area (Å²) in [6, 6.07) is 18.0. The highest BCUT2D eigenvalue weighted by Gasteiger charge is 2.15. The highest BCUT2D eigenvalue weighted by molar-refractivity contribution is 5.39. The Morgan fingerprint density at radius 2 is 1.73 bits per heavy atom. The second-order valence-corrected chi connectivity index (χ2v) is 5.02. The molecule has 22 heavy (non-hydrogen) atoms. The van der Waals surface area contributed by atoms with Crippen molar-refractivity contribution in [2.24, 2.45) is 0 Å². The van der Waals surface area contributed by atoms with E-state index in [1.54, 1.807) is 7.11 Å². The van der Waals surface area contributed by atoms with Crippen LogP contribution >= 0.6 is 0 Å². The number of rotatable bonds is 7. The summed E-state index contributed by atoms with van der Waals surface area (Å²) < 4.78 is 11.2. The van der Waals surface area contributed by atoms with E-state index < -0.39 is 0 Å². The van der Waals surface area contributed by atoms with Crippen molar-refractivity contribution in [1.29, 1.82) is 5.26 Å². The van der Waals surface area contributed by atoms with Gasteiger partial charge >= 0.3 is 0 Å². The molecule has 0 aliphatic carbocycles. The third-order valence-electron chi connectivity index (χ3n) is 3.69. The van der Waals surface area contributed by atoms with Crippen molar-refractivity contribution in [2.75, 3.05) is 13.7 Å². The first kappa shape index (κ1) is 15.9. The molecule has 0 aromatic heterocycles. The maximum Gasteiger partial charge on any atom is 0.123 e. The zero-order chi connectivity index (χ0) is 15.8. The largest absolute Gasteiger partial charge is 0.496 e. The van der Waals surface area contributed by atoms with Crippen LogP contribution in [0.4, 0.5) is 0 Å². The quantitative estimate of drug-likeness (QED) is 0.763. The zero-order valence-corrected chi connectivity index (χ0v) is 13.1. The molecule has 0 saturated carbocycles. The first-order valence-corrected chi connectivity index (χ1v) is 7.53. The van der Waals surface area contributed by atoms with Gasteiger partial charge in [0.05, 0.1) is 25.7 Å². The molecule has 0 spiro atoms. The Labute approximate surface area is 132 Å². The highest BCUT2D eigenvalue weighted by Crippen LogP contribution is 2.28. The van der Waals surface area contributed by atoms with Gasteiger partial charge in [-0.25, -0.2) is 0 Å². The van der Waals surface area contributed by atoms with Crippen molar-refractivity contribution < 1.29 is 9.47 Å². The van der Waals surface area contributed by atoms with Gasteiger partial charge < -0.3 is 9.47 Å². The minimum Gasteiger partial charge on any atom is -0.496 e. The summed E-state index contributed by atoms with van der Waals surface area (Å²) in [7, 11) is 1.63. The maximum atomic E-state index is 9.44. The average Bonchev–Trinajstić information content (AvgIpc) is 2.59. The Morgan fingerprint density at radius 3 is 2.41 bits per heavy atom. The Morgan fingerprint density at radius 1 is 1.05 bits per heavy atom. The van der Waals surface area contributed by atoms with Gasteiger partial charge in [-0.1, -0.05) is 43.3 Å². The molecule has 2 aromatic rings. The van der Waals surface area contributed by atoms with Crippen molar-refractivity contribution in [3.8, 4) is 17.6 Å². The minimum absolute atomic E-state index is 0.232. The summed E-state index contributed by atoms with van der Waals surface area (Å²) >= 11 is 0. The van der Waals surface area contributed by atoms with Gasteiger partial charge in [0.25, 0.3) is 0 Å². The van der Waals surface area contributed by atoms with Gasteiger partial charge in [0.1, 0.15) is 11.5 Å². The predicted octanol–water partition coefficient (Wildman–Crippen LogP) is 4.33. The van der Waals surface area contributed by atoms with E-state index >= 15 is 0 Å². The summed E-state index contributed by atoms with van der Waals surface area (Å²) in [5.41, 5.74) is 2.10. The van der Waals surface area contributed by atoms with E-state index in [0.717, 1.165) is 23.5 Å². The number of benzene rings is 2. The summed E-state index contributed by atoms with van der Waals surface area (Å²) in [5, 5.41) is 9.44. The number of ether oxygens (including phenoxy) is 2. The molecule has 0 aliphatic rings. The summed E-state index contributed by atoms with van der Waals surface area (Å²) in [4.78, 5) is 0. The fourth-order valence-corrected chi connectivity index (χ4v) is 2.47. The maximum absolute atomic E-state index is 9.44. The molecular weight excluding hydrogens is 274 g/mol. The topological polar surface area (TPSA) is 42.2 Å². The standard InChI is InChI=1S/C19H21NO2/c1-3-15-8-4-6-10-18(15)22-13-12-16(14-20)17-9-5-7-11-19(17)21-2/h4-11,16H,3,12-13H2,1-2H3. The van der Waals surface area contributed by atoms with Crippen LogP contribution in [-0.4, -0.2) is 13.7 Å². The van der Waals surface area contributed by atoms with Gasteiger partial charge in [0.2, 0.25) is 0 Å². The number of nitriles is 1. The molecule has 114 valence electrons. The lowest BCUT2D eigenvalue weighted by Gasteiger charge is -2.15. The molecule has 2 aromatic carbocycles. The fourth-order valence-electron chi connectivity index (χ4n) is 2.47. The smallest absolute Gasteiger partial charge is 0.123 e. The first-order chi connectivity index (χ1) is 10.8. The van der Waals surface area contributed by atoms with Gasteiger partial charge in [0, 0.05) is 12.0 Å². The zero-order valence-electron chi connectivity index (χ0n) is 13.1. The molecule has 0 bridgehead atoms. The van der Waals surface area contributed by atoms with Crippen molar-refractivity contribution in [3.05, 3.63) is 59.7 Å². The van der Waals surface area contributed by atoms with Crippen LogP contribution in [0, 0.1) is 11.3 Å². The van der Waals surface area contributed by atoms with Crippen LogP contribution in [0.2, 0.25) is 0 Å². The van der Waals surface area contributed by atoms with E-state index in [2.05, 4.69) is 19.1 Å². The molecule has 2 rings (SSSR count). The van der Waals surface area contributed by atoms with Crippen LogP contribution in [0.3, 0.4) is 0 Å². The molecule has 0 fully saturated rings. The van der Waals surface area contributed by atoms with Crippen molar-refractivity contribution in [1.82, 2.24) is 0 Å². The molecule has 0 radical (unpaired) electrons. The van der Waals surface area contributed by atoms with E-state index in [0.29, 0.717) is 13.0 Å². The van der Waals surface area contributed by atoms with Crippen molar-refractivity contribution >= 4 is 0 Å². The molecule has 1 unspecified atom stereocenters. The van der Waals surface area contributed by atoms with Gasteiger partial charge in [0.15, 0.2) is 0 Å². The van der Waals surface area contributed by atoms with E-state index in [9.17, 15) is 5.26 Å². The Kier molecular flexibility index (Phi) is 5.85. The molecular formula is C19H21NO2. The van der Waals surface area contributed by atoms with E-state index in [1.807, 2.05) is 42.5 Å². The number of methoxy groups -OCH3 is 1. The van der Waals surface area contributed by atoms with Gasteiger partial charge in [-0.3, -0.25) is 0 Å². The average molecular weight is 295 g/mol. The third kappa shape index (κ3) is 3.79. The summed E-state index contributed by atoms with van der Waals surface area (Å²) in [6.45, 7) is 2.61. The normalized spacial score (nSPS) is 11.5. The van der Waals surface area contributed by atoms with Crippen molar-refractivity contribution in [2.45, 2.75) is 25.7 Å². The predicted molar refractivity (Wildman–Crippen MR) is 87.3 cm³/mol. The summed E-state index contributed by atoms with van der Waals surface area (Å²) in [6.07, 6.45) is 1.57. The minimum atomic E-state index is -0.232. The Hall–Kier alpha value is -2.47. The number of para-hydroxylation sites is 2. The second kappa shape index (κ2) is 8.09. The third-order valence-corrected chi connectivity index (χ3v) is 3.69. The van der Waals surface area contributed by atoms with Crippen LogP contribution in [0.15, 0.2) is 48.5 Å². The van der Waals surface area contributed by atoms with E-state index in [1.165, 1.54) is 5.56 Å². The number of hydrogen-bond donors (Lipinski definition) is 0. The molecule has 0 amide bonds. The van der Waals surface area contributed by atoms with E-state index in [-0.39, 0.29) is 5.92 Å². The number of aryl methyl sites for hydroxylation is 1. The molecule has 3 heteroatoms. The Balaban J connectivity index is 2.02. The number of hydrogen-bond acceptors (Lipinski definition) is 3. The number of nitrogens with zero attached hydrogens (tertiary/aromatic N) is 1. The van der Waals surface area contributed by atoms with Crippen LogP contribution in [0.5, 0.6) is 11.5 Å². The fraction of sp³-hybridized carbons (Fsp3) is 0.316. The molecule has 0 heterocycles. The monoisotopic (exact) mass is 295 g/mol. The van der Waals surface area contributed by atoms with Crippen LogP contribution < -0.4 is 9.47 Å². The molecule has 0 N–H and O–H groups in total. The lowest BCUT2D eigenvalue weighted by atomic mass is 9.96. The molecule has 3 nitrogen and oxygen atoms in total. The Bertz CT molecular complexity index is 646.